The molecule has 1 unspecified atom stereocenters. The third-order valence-corrected chi connectivity index (χ3v) is 3.22. The molecule has 1 heterocycles. The number of benzene rings is 1. The lowest BCUT2D eigenvalue weighted by atomic mass is 10.1. The van der Waals surface area contributed by atoms with Crippen LogP contribution in [0.3, 0.4) is 0 Å². The minimum atomic E-state index is -0.751. The van der Waals surface area contributed by atoms with Crippen molar-refractivity contribution in [2.75, 3.05) is 13.2 Å². The lowest BCUT2D eigenvalue weighted by Crippen LogP contribution is -2.28. The molecule has 0 spiro atoms. The molecule has 1 fully saturated rings. The average Bonchev–Trinajstić information content (AvgIpc) is 2.41. The maximum atomic E-state index is 10.5. The van der Waals surface area contributed by atoms with Crippen LogP contribution in [0.25, 0.3) is 0 Å². The first kappa shape index (κ1) is 13.9. The molecule has 104 valence electrons. The van der Waals surface area contributed by atoms with Crippen molar-refractivity contribution in [3.05, 3.63) is 29.8 Å². The van der Waals surface area contributed by atoms with E-state index in [-0.39, 0.29) is 12.5 Å². The highest BCUT2D eigenvalue weighted by Gasteiger charge is 2.16. The van der Waals surface area contributed by atoms with Gasteiger partial charge >= 0.3 is 5.97 Å². The molecule has 0 radical (unpaired) electrons. The molecule has 1 aromatic carbocycles. The fourth-order valence-corrected chi connectivity index (χ4v) is 2.24. The standard InChI is InChI=1S/C15H20O4/c16-15(17)9-3-6-12-5-1-2-8-14(12)19-13-7-4-10-18-11-13/h1-2,5,8,13H,3-4,6-7,9-11H2,(H,16,17). The number of ether oxygens (including phenoxy) is 2. The fourth-order valence-electron chi connectivity index (χ4n) is 2.24. The molecule has 4 heteroatoms. The van der Waals surface area contributed by atoms with Crippen LogP contribution in [0.2, 0.25) is 0 Å². The highest BCUT2D eigenvalue weighted by Crippen LogP contribution is 2.23. The van der Waals surface area contributed by atoms with Crippen molar-refractivity contribution in [3.8, 4) is 5.75 Å². The molecule has 0 saturated carbocycles. The first-order valence-electron chi connectivity index (χ1n) is 6.80. The largest absolute Gasteiger partial charge is 0.488 e. The van der Waals surface area contributed by atoms with Gasteiger partial charge in [-0.2, -0.15) is 0 Å². The summed E-state index contributed by atoms with van der Waals surface area (Å²) in [4.78, 5) is 10.5. The van der Waals surface area contributed by atoms with Gasteiger partial charge in [-0.05, 0) is 37.3 Å². The summed E-state index contributed by atoms with van der Waals surface area (Å²) in [7, 11) is 0. The van der Waals surface area contributed by atoms with Gasteiger partial charge in [-0.15, -0.1) is 0 Å². The molecule has 4 nitrogen and oxygen atoms in total. The molecular formula is C15H20O4. The molecule has 19 heavy (non-hydrogen) atoms. The van der Waals surface area contributed by atoms with Gasteiger partial charge in [0.25, 0.3) is 0 Å². The predicted octanol–water partition coefficient (Wildman–Crippen LogP) is 2.65. The van der Waals surface area contributed by atoms with Crippen molar-refractivity contribution in [1.29, 1.82) is 0 Å². The van der Waals surface area contributed by atoms with E-state index in [2.05, 4.69) is 0 Å². The van der Waals surface area contributed by atoms with E-state index < -0.39 is 5.97 Å². The summed E-state index contributed by atoms with van der Waals surface area (Å²) in [5.41, 5.74) is 1.08. The minimum Gasteiger partial charge on any atom is -0.488 e. The van der Waals surface area contributed by atoms with Crippen LogP contribution in [0.15, 0.2) is 24.3 Å². The second-order valence-corrected chi connectivity index (χ2v) is 4.81. The van der Waals surface area contributed by atoms with E-state index in [0.717, 1.165) is 37.2 Å². The van der Waals surface area contributed by atoms with Gasteiger partial charge in [-0.25, -0.2) is 0 Å². The van der Waals surface area contributed by atoms with Crippen LogP contribution in [0.1, 0.15) is 31.2 Å². The highest BCUT2D eigenvalue weighted by molar-refractivity contribution is 5.66. The van der Waals surface area contributed by atoms with Crippen LogP contribution in [0.5, 0.6) is 5.75 Å². The summed E-state index contributed by atoms with van der Waals surface area (Å²) >= 11 is 0. The Balaban J connectivity index is 1.93. The number of rotatable bonds is 6. The van der Waals surface area contributed by atoms with Crippen molar-refractivity contribution >= 4 is 5.97 Å². The third kappa shape index (κ3) is 4.56. The predicted molar refractivity (Wildman–Crippen MR) is 71.5 cm³/mol. The lowest BCUT2D eigenvalue weighted by Gasteiger charge is -2.24. The number of carboxylic acid groups (broad SMARTS) is 1. The normalized spacial score (nSPS) is 19.1. The van der Waals surface area contributed by atoms with E-state index in [4.69, 9.17) is 14.6 Å². The summed E-state index contributed by atoms with van der Waals surface area (Å²) in [6.45, 7) is 1.46. The first-order valence-corrected chi connectivity index (χ1v) is 6.80. The number of carbonyl (C=O) groups is 1. The van der Waals surface area contributed by atoms with Gasteiger partial charge in [-0.3, -0.25) is 4.79 Å². The maximum Gasteiger partial charge on any atom is 0.303 e. The highest BCUT2D eigenvalue weighted by atomic mass is 16.5. The average molecular weight is 264 g/mol. The maximum absolute atomic E-state index is 10.5. The van der Waals surface area contributed by atoms with Gasteiger partial charge in [0.2, 0.25) is 0 Å². The molecule has 2 rings (SSSR count). The number of aryl methyl sites for hydroxylation is 1. The molecular weight excluding hydrogens is 244 g/mol. The molecule has 1 aromatic rings. The third-order valence-electron chi connectivity index (χ3n) is 3.22. The van der Waals surface area contributed by atoms with Gasteiger partial charge in [0, 0.05) is 13.0 Å². The van der Waals surface area contributed by atoms with E-state index in [1.165, 1.54) is 0 Å². The van der Waals surface area contributed by atoms with Crippen LogP contribution in [-0.4, -0.2) is 30.4 Å². The van der Waals surface area contributed by atoms with E-state index in [1.54, 1.807) is 0 Å². The fraction of sp³-hybridized carbons (Fsp3) is 0.533. The minimum absolute atomic E-state index is 0.120. The summed E-state index contributed by atoms with van der Waals surface area (Å²) in [6.07, 6.45) is 3.73. The topological polar surface area (TPSA) is 55.8 Å². The number of hydrogen-bond acceptors (Lipinski definition) is 3. The van der Waals surface area contributed by atoms with Crippen molar-refractivity contribution in [1.82, 2.24) is 0 Å². The van der Waals surface area contributed by atoms with Crippen LogP contribution < -0.4 is 4.74 Å². The van der Waals surface area contributed by atoms with Gasteiger partial charge in [0.15, 0.2) is 0 Å². The molecule has 1 aliphatic heterocycles. The van der Waals surface area contributed by atoms with Crippen molar-refractivity contribution in [2.45, 2.75) is 38.2 Å². The van der Waals surface area contributed by atoms with Crippen molar-refractivity contribution in [3.63, 3.8) is 0 Å². The zero-order valence-corrected chi connectivity index (χ0v) is 11.0. The second kappa shape index (κ2) is 7.14. The summed E-state index contributed by atoms with van der Waals surface area (Å²) in [5.74, 6) is 0.113. The zero-order valence-electron chi connectivity index (χ0n) is 11.0. The van der Waals surface area contributed by atoms with E-state index in [9.17, 15) is 4.79 Å². The van der Waals surface area contributed by atoms with Crippen molar-refractivity contribution < 1.29 is 19.4 Å². The molecule has 0 aliphatic carbocycles. The molecule has 0 aromatic heterocycles. The summed E-state index contributed by atoms with van der Waals surface area (Å²) in [6, 6.07) is 7.85. The van der Waals surface area contributed by atoms with Gasteiger partial charge in [0.05, 0.1) is 6.61 Å². The summed E-state index contributed by atoms with van der Waals surface area (Å²) in [5, 5.41) is 8.67. The zero-order chi connectivity index (χ0) is 13.5. The monoisotopic (exact) mass is 264 g/mol. The Labute approximate surface area is 113 Å². The summed E-state index contributed by atoms with van der Waals surface area (Å²) < 4.78 is 11.4. The molecule has 1 aliphatic rings. The smallest absolute Gasteiger partial charge is 0.303 e. The quantitative estimate of drug-likeness (QED) is 0.858. The number of carboxylic acids is 1. The second-order valence-electron chi connectivity index (χ2n) is 4.81. The van der Waals surface area contributed by atoms with Gasteiger partial charge in [-0.1, -0.05) is 18.2 Å². The SMILES string of the molecule is O=C(O)CCCc1ccccc1OC1CCCOC1. The van der Waals surface area contributed by atoms with E-state index in [1.807, 2.05) is 24.3 Å². The van der Waals surface area contributed by atoms with Crippen LogP contribution in [-0.2, 0) is 16.0 Å². The molecule has 1 atom stereocenters. The number of aliphatic carboxylic acids is 1. The number of para-hydroxylation sites is 1. The Kier molecular flexibility index (Phi) is 5.21. The first-order chi connectivity index (χ1) is 9.25. The van der Waals surface area contributed by atoms with Crippen LogP contribution >= 0.6 is 0 Å². The Morgan fingerprint density at radius 1 is 1.42 bits per heavy atom. The lowest BCUT2D eigenvalue weighted by molar-refractivity contribution is -0.137. The van der Waals surface area contributed by atoms with Gasteiger partial charge in [0.1, 0.15) is 11.9 Å². The van der Waals surface area contributed by atoms with Crippen LogP contribution in [0.4, 0.5) is 0 Å². The molecule has 0 bridgehead atoms. The molecule has 1 N–H and O–H groups in total. The number of hydrogen-bond donors (Lipinski definition) is 1. The van der Waals surface area contributed by atoms with Gasteiger partial charge < -0.3 is 14.6 Å². The molecule has 0 amide bonds. The molecule has 1 saturated heterocycles. The Morgan fingerprint density at radius 2 is 2.26 bits per heavy atom. The van der Waals surface area contributed by atoms with Crippen molar-refractivity contribution in [2.24, 2.45) is 0 Å². The van der Waals surface area contributed by atoms with E-state index in [0.29, 0.717) is 13.0 Å². The van der Waals surface area contributed by atoms with Crippen LogP contribution in [0, 0.1) is 0 Å². The van der Waals surface area contributed by atoms with E-state index >= 15 is 0 Å². The Morgan fingerprint density at radius 3 is 3.00 bits per heavy atom. The Hall–Kier alpha value is -1.55. The Bertz CT molecular complexity index is 410.